The van der Waals surface area contributed by atoms with Crippen molar-refractivity contribution in [1.29, 1.82) is 0 Å². The fraction of sp³-hybridized carbons (Fsp3) is 0.200. The van der Waals surface area contributed by atoms with Gasteiger partial charge in [0.25, 0.3) is 0 Å². The maximum absolute atomic E-state index is 8.95. The third-order valence-electron chi connectivity index (χ3n) is 2.22. The van der Waals surface area contributed by atoms with Crippen LogP contribution in [0.5, 0.6) is 0 Å². The van der Waals surface area contributed by atoms with E-state index in [0.717, 1.165) is 16.5 Å². The lowest BCUT2D eigenvalue weighted by Crippen LogP contribution is -2.14. The first-order chi connectivity index (χ1) is 6.33. The summed E-state index contributed by atoms with van der Waals surface area (Å²) in [5.41, 5.74) is 7.80. The van der Waals surface area contributed by atoms with Crippen molar-refractivity contribution in [3.8, 4) is 0 Å². The highest BCUT2D eigenvalue weighted by Gasteiger charge is 2.08. The molecular formula is C10H12N2O. The largest absolute Gasteiger partial charge is 0.394 e. The van der Waals surface area contributed by atoms with Crippen LogP contribution in [0.25, 0.3) is 10.9 Å². The van der Waals surface area contributed by atoms with Crippen LogP contribution in [0.3, 0.4) is 0 Å². The number of aromatic amines is 1. The van der Waals surface area contributed by atoms with E-state index in [9.17, 15) is 0 Å². The number of aliphatic hydroxyl groups excluding tert-OH is 1. The zero-order chi connectivity index (χ0) is 9.26. The zero-order valence-corrected chi connectivity index (χ0v) is 7.20. The van der Waals surface area contributed by atoms with Crippen LogP contribution in [0.15, 0.2) is 30.5 Å². The van der Waals surface area contributed by atoms with E-state index < -0.39 is 0 Å². The lowest BCUT2D eigenvalue weighted by Gasteiger charge is -2.09. The first-order valence-electron chi connectivity index (χ1n) is 4.25. The molecule has 3 heteroatoms. The Morgan fingerprint density at radius 3 is 3.00 bits per heavy atom. The summed E-state index contributed by atoms with van der Waals surface area (Å²) >= 11 is 0. The minimum atomic E-state index is -0.292. The third kappa shape index (κ3) is 1.32. The highest BCUT2D eigenvalue weighted by atomic mass is 16.3. The first-order valence-corrected chi connectivity index (χ1v) is 4.25. The molecule has 0 aliphatic carbocycles. The van der Waals surface area contributed by atoms with Gasteiger partial charge in [-0.2, -0.15) is 0 Å². The average molecular weight is 176 g/mol. The van der Waals surface area contributed by atoms with Crippen LogP contribution < -0.4 is 5.73 Å². The normalized spacial score (nSPS) is 13.4. The van der Waals surface area contributed by atoms with Crippen molar-refractivity contribution in [3.05, 3.63) is 36.0 Å². The molecule has 0 amide bonds. The smallest absolute Gasteiger partial charge is 0.0624 e. The van der Waals surface area contributed by atoms with Crippen molar-refractivity contribution in [2.24, 2.45) is 5.73 Å². The van der Waals surface area contributed by atoms with E-state index in [1.54, 1.807) is 0 Å². The minimum Gasteiger partial charge on any atom is -0.394 e. The van der Waals surface area contributed by atoms with Gasteiger partial charge in [-0.1, -0.05) is 12.1 Å². The van der Waals surface area contributed by atoms with Crippen molar-refractivity contribution in [1.82, 2.24) is 4.98 Å². The summed E-state index contributed by atoms with van der Waals surface area (Å²) in [6, 6.07) is 7.55. The molecule has 68 valence electrons. The summed E-state index contributed by atoms with van der Waals surface area (Å²) in [7, 11) is 0. The Hall–Kier alpha value is -1.32. The number of fused-ring (bicyclic) bond motifs is 1. The molecule has 0 radical (unpaired) electrons. The molecule has 1 aromatic heterocycles. The van der Waals surface area contributed by atoms with E-state index in [-0.39, 0.29) is 12.6 Å². The van der Waals surface area contributed by atoms with Gasteiger partial charge in [0.05, 0.1) is 12.6 Å². The lowest BCUT2D eigenvalue weighted by molar-refractivity contribution is 0.268. The second-order valence-electron chi connectivity index (χ2n) is 3.08. The Morgan fingerprint density at radius 2 is 2.23 bits per heavy atom. The molecule has 0 aliphatic rings. The second-order valence-corrected chi connectivity index (χ2v) is 3.08. The van der Waals surface area contributed by atoms with Gasteiger partial charge in [-0.05, 0) is 17.7 Å². The molecular weight excluding hydrogens is 164 g/mol. The van der Waals surface area contributed by atoms with Gasteiger partial charge in [0.15, 0.2) is 0 Å². The van der Waals surface area contributed by atoms with E-state index >= 15 is 0 Å². The maximum Gasteiger partial charge on any atom is 0.0624 e. The summed E-state index contributed by atoms with van der Waals surface area (Å²) in [6.45, 7) is -0.0235. The number of aliphatic hydroxyl groups is 1. The van der Waals surface area contributed by atoms with E-state index in [0.29, 0.717) is 0 Å². The zero-order valence-electron chi connectivity index (χ0n) is 7.20. The fourth-order valence-electron chi connectivity index (χ4n) is 1.53. The predicted octanol–water partition coefficient (Wildman–Crippen LogP) is 1.16. The number of nitrogens with two attached hydrogens (primary N) is 1. The van der Waals surface area contributed by atoms with Crippen molar-refractivity contribution < 1.29 is 5.11 Å². The van der Waals surface area contributed by atoms with Crippen LogP contribution in [-0.4, -0.2) is 16.7 Å². The molecule has 2 aromatic rings. The number of benzene rings is 1. The van der Waals surface area contributed by atoms with E-state index in [2.05, 4.69) is 4.98 Å². The summed E-state index contributed by atoms with van der Waals surface area (Å²) in [5.74, 6) is 0. The molecule has 0 spiro atoms. The number of rotatable bonds is 2. The summed E-state index contributed by atoms with van der Waals surface area (Å²) < 4.78 is 0. The van der Waals surface area contributed by atoms with Gasteiger partial charge in [0, 0.05) is 17.1 Å². The van der Waals surface area contributed by atoms with Gasteiger partial charge in [0.2, 0.25) is 0 Å². The quantitative estimate of drug-likeness (QED) is 0.643. The molecule has 1 heterocycles. The molecule has 1 aromatic carbocycles. The van der Waals surface area contributed by atoms with Crippen molar-refractivity contribution >= 4 is 10.9 Å². The fourth-order valence-corrected chi connectivity index (χ4v) is 1.53. The third-order valence-corrected chi connectivity index (χ3v) is 2.22. The summed E-state index contributed by atoms with van der Waals surface area (Å²) in [6.07, 6.45) is 1.87. The highest BCUT2D eigenvalue weighted by Crippen LogP contribution is 2.21. The number of H-pyrrole nitrogens is 1. The van der Waals surface area contributed by atoms with Gasteiger partial charge in [-0.15, -0.1) is 0 Å². The number of hydrogen-bond donors (Lipinski definition) is 3. The molecule has 3 nitrogen and oxygen atoms in total. The standard InChI is InChI=1S/C10H12N2O/c11-9(6-13)7-2-1-3-10-8(7)4-5-12-10/h1-5,9,12-13H,6,11H2/t9-/m0/s1. The molecule has 13 heavy (non-hydrogen) atoms. The predicted molar refractivity (Wildman–Crippen MR) is 52.3 cm³/mol. The Labute approximate surface area is 76.2 Å². The molecule has 0 bridgehead atoms. The number of aromatic nitrogens is 1. The Bertz CT molecular complexity index is 408. The van der Waals surface area contributed by atoms with Gasteiger partial charge in [-0.25, -0.2) is 0 Å². The van der Waals surface area contributed by atoms with Gasteiger partial charge in [-0.3, -0.25) is 0 Å². The summed E-state index contributed by atoms with van der Waals surface area (Å²) in [4.78, 5) is 3.10. The molecule has 0 fully saturated rings. The van der Waals surface area contributed by atoms with Gasteiger partial charge >= 0.3 is 0 Å². The van der Waals surface area contributed by atoms with Crippen LogP contribution in [0.4, 0.5) is 0 Å². The highest BCUT2D eigenvalue weighted by molar-refractivity contribution is 5.83. The SMILES string of the molecule is N[C@@H](CO)c1cccc2[nH]ccc12. The Balaban J connectivity index is 2.60. The summed E-state index contributed by atoms with van der Waals surface area (Å²) in [5, 5.41) is 10.0. The average Bonchev–Trinajstić information content (AvgIpc) is 2.63. The van der Waals surface area contributed by atoms with Crippen molar-refractivity contribution in [2.45, 2.75) is 6.04 Å². The second kappa shape index (κ2) is 3.20. The molecule has 0 unspecified atom stereocenters. The monoisotopic (exact) mass is 176 g/mol. The molecule has 1 atom stereocenters. The van der Waals surface area contributed by atoms with E-state index in [4.69, 9.17) is 10.8 Å². The topological polar surface area (TPSA) is 62.0 Å². The number of nitrogens with one attached hydrogen (secondary N) is 1. The van der Waals surface area contributed by atoms with E-state index in [1.165, 1.54) is 0 Å². The van der Waals surface area contributed by atoms with Gasteiger partial charge < -0.3 is 15.8 Å². The Morgan fingerprint density at radius 1 is 1.38 bits per heavy atom. The van der Waals surface area contributed by atoms with Gasteiger partial charge in [0.1, 0.15) is 0 Å². The molecule has 2 rings (SSSR count). The van der Waals surface area contributed by atoms with Crippen LogP contribution in [0.1, 0.15) is 11.6 Å². The molecule has 4 N–H and O–H groups in total. The number of hydrogen-bond acceptors (Lipinski definition) is 2. The van der Waals surface area contributed by atoms with Crippen LogP contribution in [0, 0.1) is 0 Å². The minimum absolute atomic E-state index is 0.0235. The Kier molecular flexibility index (Phi) is 2.04. The van der Waals surface area contributed by atoms with Crippen LogP contribution in [-0.2, 0) is 0 Å². The molecule has 0 saturated carbocycles. The molecule has 0 saturated heterocycles. The van der Waals surface area contributed by atoms with Crippen LogP contribution >= 0.6 is 0 Å². The lowest BCUT2D eigenvalue weighted by atomic mass is 10.0. The maximum atomic E-state index is 8.95. The molecule has 0 aliphatic heterocycles. The van der Waals surface area contributed by atoms with Crippen molar-refractivity contribution in [3.63, 3.8) is 0 Å². The van der Waals surface area contributed by atoms with E-state index in [1.807, 2.05) is 30.5 Å². The van der Waals surface area contributed by atoms with Crippen molar-refractivity contribution in [2.75, 3.05) is 6.61 Å². The first kappa shape index (κ1) is 8.29. The van der Waals surface area contributed by atoms with Crippen LogP contribution in [0.2, 0.25) is 0 Å².